The van der Waals surface area contributed by atoms with Crippen molar-refractivity contribution in [3.8, 4) is 0 Å². The van der Waals surface area contributed by atoms with Gasteiger partial charge in [-0.05, 0) is 50.5 Å². The number of carbonyl (C=O) groups excluding carboxylic acids is 3. The van der Waals surface area contributed by atoms with Crippen LogP contribution in [0, 0.1) is 28.6 Å². The average molecular weight is 479 g/mol. The fraction of sp³-hybridized carbons (Fsp3) is 0.815. The van der Waals surface area contributed by atoms with Gasteiger partial charge >= 0.3 is 5.97 Å². The lowest BCUT2D eigenvalue weighted by molar-refractivity contribution is -0.235. The number of hydrogen-bond acceptors (Lipinski definition) is 6. The number of Topliss-reactive ketones (excluding diaryl/α,β-unsaturated/α-hetero) is 1. The first-order valence-electron chi connectivity index (χ1n) is 12.9. The van der Waals surface area contributed by atoms with Crippen LogP contribution in [0.4, 0.5) is 4.39 Å². The summed E-state index contributed by atoms with van der Waals surface area (Å²) in [5.41, 5.74) is -4.71. The van der Waals surface area contributed by atoms with Crippen molar-refractivity contribution in [1.82, 2.24) is 0 Å². The van der Waals surface area contributed by atoms with Crippen LogP contribution in [-0.4, -0.2) is 51.7 Å². The normalized spacial score (nSPS) is 45.6. The third-order valence-corrected chi connectivity index (χ3v) is 10.1. The number of ether oxygens (including phenoxy) is 1. The van der Waals surface area contributed by atoms with Gasteiger partial charge in [-0.2, -0.15) is 0 Å². The number of allylic oxidation sites excluding steroid dienone is 1. The van der Waals surface area contributed by atoms with Gasteiger partial charge in [0.25, 0.3) is 0 Å². The number of aliphatic hydroxyl groups is 2. The molecule has 8 atom stereocenters. The Labute approximate surface area is 201 Å². The van der Waals surface area contributed by atoms with Gasteiger partial charge in [0, 0.05) is 35.5 Å². The van der Waals surface area contributed by atoms with Crippen molar-refractivity contribution in [2.24, 2.45) is 28.6 Å². The highest BCUT2D eigenvalue weighted by molar-refractivity contribution is 5.93. The largest absolute Gasteiger partial charge is 0.450 e. The smallest absolute Gasteiger partial charge is 0.306 e. The van der Waals surface area contributed by atoms with Gasteiger partial charge in [-0.3, -0.25) is 14.4 Å². The number of carbonyl (C=O) groups is 3. The molecule has 0 aromatic rings. The number of alkyl halides is 1. The summed E-state index contributed by atoms with van der Waals surface area (Å²) in [4.78, 5) is 38.2. The van der Waals surface area contributed by atoms with Crippen LogP contribution in [0.3, 0.4) is 0 Å². The van der Waals surface area contributed by atoms with E-state index in [0.29, 0.717) is 32.1 Å². The number of hydrogen-bond donors (Lipinski definition) is 2. The Bertz CT molecular complexity index is 915. The van der Waals surface area contributed by atoms with Crippen molar-refractivity contribution in [2.45, 2.75) is 103 Å². The van der Waals surface area contributed by atoms with Crippen LogP contribution in [0.2, 0.25) is 0 Å². The summed E-state index contributed by atoms with van der Waals surface area (Å²) in [6, 6.07) is 0. The molecule has 7 heteroatoms. The van der Waals surface area contributed by atoms with Gasteiger partial charge in [0.1, 0.15) is 12.3 Å². The summed E-state index contributed by atoms with van der Waals surface area (Å²) in [6.07, 6.45) is 3.86. The summed E-state index contributed by atoms with van der Waals surface area (Å²) >= 11 is 0. The van der Waals surface area contributed by atoms with Crippen LogP contribution in [0.1, 0.15) is 85.5 Å². The van der Waals surface area contributed by atoms with E-state index in [4.69, 9.17) is 4.74 Å². The van der Waals surface area contributed by atoms with Crippen LogP contribution >= 0.6 is 0 Å². The lowest BCUT2D eigenvalue weighted by atomic mass is 9.43. The lowest BCUT2D eigenvalue weighted by Gasteiger charge is -2.63. The van der Waals surface area contributed by atoms with Gasteiger partial charge in [-0.25, -0.2) is 4.39 Å². The number of ketones is 2. The van der Waals surface area contributed by atoms with E-state index in [-0.39, 0.29) is 31.0 Å². The third-order valence-electron chi connectivity index (χ3n) is 10.1. The maximum atomic E-state index is 17.3. The molecule has 0 saturated heterocycles. The first-order valence-corrected chi connectivity index (χ1v) is 12.9. The van der Waals surface area contributed by atoms with Crippen molar-refractivity contribution in [2.75, 3.05) is 6.61 Å². The van der Waals surface area contributed by atoms with Crippen LogP contribution in [-0.2, 0) is 19.1 Å². The monoisotopic (exact) mass is 478 g/mol. The second-order valence-corrected chi connectivity index (χ2v) is 11.7. The summed E-state index contributed by atoms with van der Waals surface area (Å²) in [7, 11) is 0. The van der Waals surface area contributed by atoms with E-state index in [9.17, 15) is 24.6 Å². The van der Waals surface area contributed by atoms with Crippen molar-refractivity contribution in [3.05, 3.63) is 11.6 Å². The molecule has 0 bridgehead atoms. The number of rotatable bonds is 6. The highest BCUT2D eigenvalue weighted by atomic mass is 19.1. The van der Waals surface area contributed by atoms with Crippen LogP contribution in [0.5, 0.6) is 0 Å². The van der Waals surface area contributed by atoms with Crippen molar-refractivity contribution < 1.29 is 33.7 Å². The van der Waals surface area contributed by atoms with E-state index in [1.54, 1.807) is 6.08 Å². The molecule has 0 amide bonds. The predicted octanol–water partition coefficient (Wildman–Crippen LogP) is 3.86. The average Bonchev–Trinajstić information content (AvgIpc) is 3.00. The molecule has 34 heavy (non-hydrogen) atoms. The Morgan fingerprint density at radius 2 is 1.94 bits per heavy atom. The topological polar surface area (TPSA) is 101 Å². The third kappa shape index (κ3) is 3.15. The molecule has 6 nitrogen and oxygen atoms in total. The lowest BCUT2D eigenvalue weighted by Crippen LogP contribution is -2.70. The van der Waals surface area contributed by atoms with Gasteiger partial charge in [-0.1, -0.05) is 39.7 Å². The molecule has 0 heterocycles. The highest BCUT2D eigenvalue weighted by Gasteiger charge is 2.77. The first kappa shape index (κ1) is 25.5. The molecule has 2 N–H and O–H groups in total. The summed E-state index contributed by atoms with van der Waals surface area (Å²) in [5, 5.41) is 21.4. The number of fused-ring (bicyclic) bond motifs is 5. The number of esters is 1. The minimum Gasteiger partial charge on any atom is -0.450 e. The van der Waals surface area contributed by atoms with Crippen LogP contribution in [0.25, 0.3) is 0 Å². The zero-order valence-electron chi connectivity index (χ0n) is 20.9. The molecule has 0 radical (unpaired) electrons. The molecule has 3 saturated carbocycles. The maximum absolute atomic E-state index is 17.3. The minimum absolute atomic E-state index is 0.00528. The molecule has 4 aliphatic carbocycles. The van der Waals surface area contributed by atoms with Gasteiger partial charge in [-0.15, -0.1) is 0 Å². The Balaban J connectivity index is 1.79. The Morgan fingerprint density at radius 1 is 1.24 bits per heavy atom. The standard InChI is InChI=1S/C27H39FO6/c1-5-6-7-23(33)34-27(22(32)15-29)16(2)12-20-19-9-8-17-13-18(30)10-11-24(17,3)26(19,28)21(31)14-25(20,27)4/h13,16,19-21,29,31H,5-12,14-15H2,1-4H3/t16?,19-,20-,21?,24-,25-,26?,27-/m0/s1. The second-order valence-electron chi connectivity index (χ2n) is 11.7. The van der Waals surface area contributed by atoms with E-state index >= 15 is 4.39 Å². The SMILES string of the molecule is CCCCC(=O)O[C@]1(C(=O)CO)C(C)C[C@H]2[C@@H]3CCC4=CC(=O)CC[C@]4(C)C3(F)C(O)C[C@@]21C. The number of aliphatic hydroxyl groups excluding tert-OH is 2. The Morgan fingerprint density at radius 3 is 2.59 bits per heavy atom. The van der Waals surface area contributed by atoms with E-state index in [0.717, 1.165) is 12.0 Å². The second kappa shape index (κ2) is 8.51. The van der Waals surface area contributed by atoms with Crippen molar-refractivity contribution in [3.63, 3.8) is 0 Å². The molecular weight excluding hydrogens is 439 g/mol. The van der Waals surface area contributed by atoms with E-state index in [2.05, 4.69) is 0 Å². The van der Waals surface area contributed by atoms with Gasteiger partial charge < -0.3 is 14.9 Å². The number of unbranched alkanes of at least 4 members (excludes halogenated alkanes) is 1. The maximum Gasteiger partial charge on any atom is 0.306 e. The molecule has 3 unspecified atom stereocenters. The van der Waals surface area contributed by atoms with E-state index in [1.165, 1.54) is 0 Å². The Kier molecular flexibility index (Phi) is 6.38. The van der Waals surface area contributed by atoms with Crippen LogP contribution in [0.15, 0.2) is 11.6 Å². The zero-order chi connectivity index (χ0) is 25.1. The van der Waals surface area contributed by atoms with Gasteiger partial charge in [0.15, 0.2) is 11.4 Å². The van der Waals surface area contributed by atoms with Crippen LogP contribution < -0.4 is 0 Å². The summed E-state index contributed by atoms with van der Waals surface area (Å²) < 4.78 is 23.3. The quantitative estimate of drug-likeness (QED) is 0.562. The molecular formula is C27H39FO6. The predicted molar refractivity (Wildman–Crippen MR) is 123 cm³/mol. The zero-order valence-corrected chi connectivity index (χ0v) is 20.9. The fourth-order valence-electron chi connectivity index (χ4n) is 8.43. The van der Waals surface area contributed by atoms with Gasteiger partial charge in [0.05, 0.1) is 6.10 Å². The molecule has 0 aromatic carbocycles. The molecule has 4 rings (SSSR count). The number of halogens is 1. The fourth-order valence-corrected chi connectivity index (χ4v) is 8.43. The van der Waals surface area contributed by atoms with Gasteiger partial charge in [0.2, 0.25) is 5.78 Å². The molecule has 190 valence electrons. The first-order chi connectivity index (χ1) is 15.9. The molecule has 0 aliphatic heterocycles. The molecule has 4 aliphatic rings. The van der Waals surface area contributed by atoms with Crippen molar-refractivity contribution in [1.29, 1.82) is 0 Å². The van der Waals surface area contributed by atoms with E-state index in [1.807, 2.05) is 27.7 Å². The highest BCUT2D eigenvalue weighted by Crippen LogP contribution is 2.71. The Hall–Kier alpha value is -1.60. The molecule has 0 aromatic heterocycles. The molecule has 3 fully saturated rings. The van der Waals surface area contributed by atoms with Crippen molar-refractivity contribution >= 4 is 17.5 Å². The summed E-state index contributed by atoms with van der Waals surface area (Å²) in [5.74, 6) is -2.32. The summed E-state index contributed by atoms with van der Waals surface area (Å²) in [6.45, 7) is 6.69. The molecule has 0 spiro atoms. The minimum atomic E-state index is -1.94. The van der Waals surface area contributed by atoms with E-state index < -0.39 is 58.4 Å².